The van der Waals surface area contributed by atoms with Crippen molar-refractivity contribution in [3.8, 4) is 0 Å². The maximum atomic E-state index is 4.48. The standard InChI is InChI=1S/C19H24N6/c1-15-6-5-7-17-18(15)20-14-21-19(17)23-16-12-22-25(13-16)11-10-24-8-3-2-4-9-24/h5-7,12-14H,2-4,8-11H2,1H3,(H,20,21,23). The van der Waals surface area contributed by atoms with Crippen LogP contribution in [0.5, 0.6) is 0 Å². The van der Waals surface area contributed by atoms with E-state index in [1.54, 1.807) is 6.33 Å². The molecule has 0 aliphatic carbocycles. The molecule has 0 saturated carbocycles. The van der Waals surface area contributed by atoms with E-state index in [0.29, 0.717) is 0 Å². The summed E-state index contributed by atoms with van der Waals surface area (Å²) in [6, 6.07) is 6.15. The SMILES string of the molecule is Cc1cccc2c(Nc3cnn(CCN4CCCCC4)c3)ncnc12. The molecule has 0 atom stereocenters. The van der Waals surface area contributed by atoms with Gasteiger partial charge in [-0.1, -0.05) is 18.6 Å². The van der Waals surface area contributed by atoms with Crippen molar-refractivity contribution in [3.63, 3.8) is 0 Å². The summed E-state index contributed by atoms with van der Waals surface area (Å²) < 4.78 is 2.01. The van der Waals surface area contributed by atoms with Gasteiger partial charge >= 0.3 is 0 Å². The molecular formula is C19H24N6. The topological polar surface area (TPSA) is 58.9 Å². The summed E-state index contributed by atoms with van der Waals surface area (Å²) in [5.41, 5.74) is 3.10. The highest BCUT2D eigenvalue weighted by atomic mass is 15.3. The summed E-state index contributed by atoms with van der Waals surface area (Å²) in [5, 5.41) is 8.89. The van der Waals surface area contributed by atoms with Crippen molar-refractivity contribution < 1.29 is 0 Å². The third kappa shape index (κ3) is 3.64. The summed E-state index contributed by atoms with van der Waals surface area (Å²) in [7, 11) is 0. The fraction of sp³-hybridized carbons (Fsp3) is 0.421. The molecule has 0 spiro atoms. The van der Waals surface area contributed by atoms with E-state index in [1.165, 1.54) is 32.4 Å². The smallest absolute Gasteiger partial charge is 0.141 e. The Kier molecular flexibility index (Phi) is 4.61. The fourth-order valence-corrected chi connectivity index (χ4v) is 3.45. The fourth-order valence-electron chi connectivity index (χ4n) is 3.45. The Morgan fingerprint density at radius 1 is 1.08 bits per heavy atom. The zero-order valence-corrected chi connectivity index (χ0v) is 14.6. The second-order valence-electron chi connectivity index (χ2n) is 6.71. The second-order valence-corrected chi connectivity index (χ2v) is 6.71. The van der Waals surface area contributed by atoms with Crippen molar-refractivity contribution in [2.45, 2.75) is 32.7 Å². The first kappa shape index (κ1) is 16.0. The predicted octanol–water partition coefficient (Wildman–Crippen LogP) is 3.36. The number of anilines is 2. The number of nitrogens with one attached hydrogen (secondary N) is 1. The van der Waals surface area contributed by atoms with E-state index in [0.717, 1.165) is 41.1 Å². The number of aromatic nitrogens is 4. The molecule has 0 bridgehead atoms. The molecule has 4 rings (SSSR count). The van der Waals surface area contributed by atoms with Crippen LogP contribution < -0.4 is 5.32 Å². The number of para-hydroxylation sites is 1. The lowest BCUT2D eigenvalue weighted by Crippen LogP contribution is -2.32. The van der Waals surface area contributed by atoms with Crippen molar-refractivity contribution in [2.75, 3.05) is 25.0 Å². The van der Waals surface area contributed by atoms with Crippen molar-refractivity contribution >= 4 is 22.4 Å². The van der Waals surface area contributed by atoms with Crippen LogP contribution in [0.3, 0.4) is 0 Å². The van der Waals surface area contributed by atoms with Crippen LogP contribution >= 0.6 is 0 Å². The van der Waals surface area contributed by atoms with Crippen molar-refractivity contribution in [1.29, 1.82) is 0 Å². The van der Waals surface area contributed by atoms with E-state index >= 15 is 0 Å². The number of likely N-dealkylation sites (tertiary alicyclic amines) is 1. The lowest BCUT2D eigenvalue weighted by Gasteiger charge is -2.26. The Morgan fingerprint density at radius 3 is 2.84 bits per heavy atom. The van der Waals surface area contributed by atoms with Crippen LogP contribution in [0.4, 0.5) is 11.5 Å². The third-order valence-corrected chi connectivity index (χ3v) is 4.86. The molecule has 0 unspecified atom stereocenters. The number of piperidine rings is 1. The van der Waals surface area contributed by atoms with E-state index in [2.05, 4.69) is 38.3 Å². The Hall–Kier alpha value is -2.47. The molecule has 1 N–H and O–H groups in total. The van der Waals surface area contributed by atoms with Crippen LogP contribution in [0.2, 0.25) is 0 Å². The molecule has 0 radical (unpaired) electrons. The van der Waals surface area contributed by atoms with Crippen molar-refractivity contribution in [1.82, 2.24) is 24.6 Å². The van der Waals surface area contributed by atoms with Gasteiger partial charge in [0.15, 0.2) is 0 Å². The number of hydrogen-bond donors (Lipinski definition) is 1. The van der Waals surface area contributed by atoms with Crippen LogP contribution in [0.25, 0.3) is 10.9 Å². The molecule has 3 heterocycles. The average molecular weight is 336 g/mol. The highest BCUT2D eigenvalue weighted by Crippen LogP contribution is 2.24. The van der Waals surface area contributed by atoms with Gasteiger partial charge in [-0.2, -0.15) is 5.10 Å². The summed E-state index contributed by atoms with van der Waals surface area (Å²) >= 11 is 0. The lowest BCUT2D eigenvalue weighted by atomic mass is 10.1. The highest BCUT2D eigenvalue weighted by Gasteiger charge is 2.10. The number of benzene rings is 1. The third-order valence-electron chi connectivity index (χ3n) is 4.86. The van der Waals surface area contributed by atoms with Gasteiger partial charge < -0.3 is 10.2 Å². The zero-order valence-electron chi connectivity index (χ0n) is 14.6. The maximum absolute atomic E-state index is 4.48. The van der Waals surface area contributed by atoms with Gasteiger partial charge in [-0.05, 0) is 44.5 Å². The lowest BCUT2D eigenvalue weighted by molar-refractivity contribution is 0.218. The molecule has 1 fully saturated rings. The molecule has 1 aliphatic heterocycles. The summed E-state index contributed by atoms with van der Waals surface area (Å²) in [5.74, 6) is 0.823. The van der Waals surface area contributed by atoms with Gasteiger partial charge in [0.25, 0.3) is 0 Å². The van der Waals surface area contributed by atoms with E-state index in [-0.39, 0.29) is 0 Å². The monoisotopic (exact) mass is 336 g/mol. The molecule has 25 heavy (non-hydrogen) atoms. The van der Waals surface area contributed by atoms with Crippen LogP contribution in [0.1, 0.15) is 24.8 Å². The van der Waals surface area contributed by atoms with Crippen LogP contribution in [0.15, 0.2) is 36.9 Å². The number of nitrogens with zero attached hydrogens (tertiary/aromatic N) is 5. The van der Waals surface area contributed by atoms with Gasteiger partial charge in [0.1, 0.15) is 12.1 Å². The summed E-state index contributed by atoms with van der Waals surface area (Å²) in [4.78, 5) is 11.3. The first-order valence-corrected chi connectivity index (χ1v) is 9.02. The molecule has 1 aromatic carbocycles. The van der Waals surface area contributed by atoms with Gasteiger partial charge in [0.2, 0.25) is 0 Å². The molecule has 1 saturated heterocycles. The minimum atomic E-state index is 0.823. The van der Waals surface area contributed by atoms with Crippen LogP contribution in [0, 0.1) is 6.92 Å². The van der Waals surface area contributed by atoms with Crippen molar-refractivity contribution in [2.24, 2.45) is 0 Å². The number of aryl methyl sites for hydroxylation is 1. The Labute approximate surface area is 147 Å². The molecular weight excluding hydrogens is 312 g/mol. The Balaban J connectivity index is 1.45. The molecule has 6 nitrogen and oxygen atoms in total. The van der Waals surface area contributed by atoms with E-state index in [4.69, 9.17) is 0 Å². The van der Waals surface area contributed by atoms with Gasteiger partial charge in [-0.3, -0.25) is 4.68 Å². The first-order valence-electron chi connectivity index (χ1n) is 9.02. The maximum Gasteiger partial charge on any atom is 0.141 e. The van der Waals surface area contributed by atoms with Gasteiger partial charge in [0, 0.05) is 18.1 Å². The summed E-state index contributed by atoms with van der Waals surface area (Å²) in [6.45, 7) is 6.50. The Morgan fingerprint density at radius 2 is 1.96 bits per heavy atom. The molecule has 1 aliphatic rings. The number of hydrogen-bond acceptors (Lipinski definition) is 5. The van der Waals surface area contributed by atoms with E-state index < -0.39 is 0 Å². The minimum Gasteiger partial charge on any atom is -0.337 e. The van der Waals surface area contributed by atoms with Gasteiger partial charge in [0.05, 0.1) is 23.9 Å². The highest BCUT2D eigenvalue weighted by molar-refractivity contribution is 5.92. The van der Waals surface area contributed by atoms with E-state index in [9.17, 15) is 0 Å². The Bertz CT molecular complexity index is 850. The van der Waals surface area contributed by atoms with Gasteiger partial charge in [-0.15, -0.1) is 0 Å². The van der Waals surface area contributed by atoms with Crippen molar-refractivity contribution in [3.05, 3.63) is 42.5 Å². The first-order chi connectivity index (χ1) is 12.3. The molecule has 0 amide bonds. The largest absolute Gasteiger partial charge is 0.337 e. The number of rotatable bonds is 5. The average Bonchev–Trinajstić information content (AvgIpc) is 3.09. The normalized spacial score (nSPS) is 15.6. The zero-order chi connectivity index (χ0) is 17.1. The van der Waals surface area contributed by atoms with E-state index in [1.807, 2.05) is 29.2 Å². The molecule has 130 valence electrons. The van der Waals surface area contributed by atoms with Crippen LogP contribution in [-0.2, 0) is 6.54 Å². The quantitative estimate of drug-likeness (QED) is 0.774. The second kappa shape index (κ2) is 7.19. The molecule has 3 aromatic rings. The van der Waals surface area contributed by atoms with Gasteiger partial charge in [-0.25, -0.2) is 9.97 Å². The number of fused-ring (bicyclic) bond motifs is 1. The minimum absolute atomic E-state index is 0.823. The molecule has 6 heteroatoms. The molecule has 2 aromatic heterocycles. The predicted molar refractivity (Wildman–Crippen MR) is 100 cm³/mol. The summed E-state index contributed by atoms with van der Waals surface area (Å²) in [6.07, 6.45) is 9.54. The van der Waals surface area contributed by atoms with Crippen LogP contribution in [-0.4, -0.2) is 44.3 Å².